The molecule has 0 aliphatic rings. The van der Waals surface area contributed by atoms with E-state index in [1.165, 1.54) is 0 Å². The molecule has 0 saturated carbocycles. The molecule has 0 fully saturated rings. The van der Waals surface area contributed by atoms with Crippen LogP contribution in [-0.2, 0) is 14.8 Å². The summed E-state index contributed by atoms with van der Waals surface area (Å²) in [6.45, 7) is 2.04. The van der Waals surface area contributed by atoms with Crippen LogP contribution in [0.15, 0.2) is 30.3 Å². The maximum atomic E-state index is 11.1. The summed E-state index contributed by atoms with van der Waals surface area (Å²) in [6, 6.07) is 8.52. The van der Waals surface area contributed by atoms with E-state index in [1.54, 1.807) is 37.3 Å². The summed E-state index contributed by atoms with van der Waals surface area (Å²) in [5.41, 5.74) is 0.419. The van der Waals surface area contributed by atoms with E-state index in [4.69, 9.17) is 0 Å². The van der Waals surface area contributed by atoms with Crippen LogP contribution in [0.25, 0.3) is 0 Å². The zero-order chi connectivity index (χ0) is 9.52. The molecule has 0 atom stereocenters. The molecule has 1 rings (SSSR count). The lowest BCUT2D eigenvalue weighted by molar-refractivity contribution is -0.479. The van der Waals surface area contributed by atoms with Crippen LogP contribution in [0.5, 0.6) is 0 Å². The second-order valence-corrected chi connectivity index (χ2v) is 2.21. The van der Waals surface area contributed by atoms with Crippen LogP contribution in [0, 0.1) is 0 Å². The lowest BCUT2D eigenvalue weighted by Crippen LogP contribution is -2.06. The van der Waals surface area contributed by atoms with E-state index in [0.29, 0.717) is 12.2 Å². The average Bonchev–Trinajstić information content (AvgIpc) is 2.19. The Morgan fingerprint density at radius 1 is 1.31 bits per heavy atom. The van der Waals surface area contributed by atoms with Crippen LogP contribution in [0.3, 0.4) is 0 Å². The van der Waals surface area contributed by atoms with Gasteiger partial charge in [0.25, 0.3) is 0 Å². The zero-order valence-corrected chi connectivity index (χ0v) is 7.23. The van der Waals surface area contributed by atoms with Crippen LogP contribution in [0.2, 0.25) is 0 Å². The Balaban J connectivity index is 2.40. The fourth-order valence-electron chi connectivity index (χ4n) is 0.725. The topological polar surface area (TPSA) is 44.8 Å². The van der Waals surface area contributed by atoms with Gasteiger partial charge >= 0.3 is 5.97 Å². The Morgan fingerprint density at radius 2 is 2.00 bits per heavy atom. The number of carbonyl (C=O) groups is 1. The molecular weight excluding hydrogens is 172 g/mol. The maximum Gasteiger partial charge on any atom is 0.376 e. The minimum Gasteiger partial charge on any atom is -0.263 e. The van der Waals surface area contributed by atoms with Gasteiger partial charge in [0, 0.05) is 0 Å². The molecule has 13 heavy (non-hydrogen) atoms. The number of hydrogen-bond donors (Lipinski definition) is 0. The highest BCUT2D eigenvalue weighted by atomic mass is 17.5. The minimum absolute atomic E-state index is 0.321. The van der Waals surface area contributed by atoms with Gasteiger partial charge in [-0.3, -0.25) is 4.89 Å². The van der Waals surface area contributed by atoms with E-state index >= 15 is 0 Å². The summed E-state index contributed by atoms with van der Waals surface area (Å²) in [5, 5.41) is 4.15. The maximum absolute atomic E-state index is 11.1. The minimum atomic E-state index is -0.575. The van der Waals surface area contributed by atoms with Crippen LogP contribution >= 0.6 is 0 Å². The van der Waals surface area contributed by atoms with E-state index in [1.807, 2.05) is 0 Å². The van der Waals surface area contributed by atoms with Gasteiger partial charge in [0.15, 0.2) is 0 Å². The Kier molecular flexibility index (Phi) is 3.95. The molecule has 0 aromatic heterocycles. The molecule has 1 aromatic rings. The molecule has 0 aliphatic carbocycles. The predicted molar refractivity (Wildman–Crippen MR) is 44.6 cm³/mol. The van der Waals surface area contributed by atoms with Gasteiger partial charge in [-0.2, -0.15) is 4.89 Å². The predicted octanol–water partition coefficient (Wildman–Crippen LogP) is 1.73. The third kappa shape index (κ3) is 3.23. The van der Waals surface area contributed by atoms with Crippen molar-refractivity contribution >= 4 is 5.97 Å². The van der Waals surface area contributed by atoms with Crippen molar-refractivity contribution in [3.05, 3.63) is 35.9 Å². The normalized spacial score (nSPS) is 9.62. The molecule has 0 aliphatic heterocycles. The first-order chi connectivity index (χ1) is 6.34. The SMILES string of the molecule is CCOOOC(=O)c1ccccc1. The number of hydrogen-bond acceptors (Lipinski definition) is 4. The van der Waals surface area contributed by atoms with Gasteiger partial charge in [-0.15, -0.1) is 0 Å². The summed E-state index contributed by atoms with van der Waals surface area (Å²) in [5.74, 6) is -0.575. The smallest absolute Gasteiger partial charge is 0.263 e. The van der Waals surface area contributed by atoms with Gasteiger partial charge in [0.2, 0.25) is 0 Å². The molecule has 0 spiro atoms. The third-order valence-corrected chi connectivity index (χ3v) is 1.29. The molecule has 0 bridgehead atoms. The fourth-order valence-corrected chi connectivity index (χ4v) is 0.725. The molecule has 4 heteroatoms. The summed E-state index contributed by atoms with van der Waals surface area (Å²) in [7, 11) is 0. The molecule has 1 aromatic carbocycles. The van der Waals surface area contributed by atoms with E-state index in [2.05, 4.69) is 14.8 Å². The molecule has 0 N–H and O–H groups in total. The summed E-state index contributed by atoms with van der Waals surface area (Å²) < 4.78 is 0. The van der Waals surface area contributed by atoms with Crippen LogP contribution in [-0.4, -0.2) is 12.6 Å². The van der Waals surface area contributed by atoms with Gasteiger partial charge in [0.05, 0.1) is 12.2 Å². The number of benzene rings is 1. The van der Waals surface area contributed by atoms with Crippen molar-refractivity contribution < 1.29 is 19.6 Å². The van der Waals surface area contributed by atoms with E-state index in [9.17, 15) is 4.79 Å². The quantitative estimate of drug-likeness (QED) is 0.404. The Labute approximate surface area is 75.9 Å². The van der Waals surface area contributed by atoms with E-state index in [0.717, 1.165) is 0 Å². The third-order valence-electron chi connectivity index (χ3n) is 1.29. The van der Waals surface area contributed by atoms with Crippen molar-refractivity contribution in [2.45, 2.75) is 6.92 Å². The summed E-state index contributed by atoms with van der Waals surface area (Å²) in [6.07, 6.45) is 0. The molecule has 4 nitrogen and oxygen atoms in total. The highest BCUT2D eigenvalue weighted by Gasteiger charge is 2.06. The van der Waals surface area contributed by atoms with Gasteiger partial charge in [-0.1, -0.05) is 18.2 Å². The first kappa shape index (κ1) is 9.70. The molecule has 0 saturated heterocycles. The van der Waals surface area contributed by atoms with Gasteiger partial charge in [0.1, 0.15) is 0 Å². The lowest BCUT2D eigenvalue weighted by Gasteiger charge is -1.99. The lowest BCUT2D eigenvalue weighted by atomic mass is 10.2. The van der Waals surface area contributed by atoms with Gasteiger partial charge < -0.3 is 0 Å². The second-order valence-electron chi connectivity index (χ2n) is 2.21. The second kappa shape index (κ2) is 5.29. The van der Waals surface area contributed by atoms with Crippen molar-refractivity contribution in [2.75, 3.05) is 6.61 Å². The van der Waals surface area contributed by atoms with Crippen molar-refractivity contribution in [3.63, 3.8) is 0 Å². The Morgan fingerprint density at radius 3 is 2.62 bits per heavy atom. The number of rotatable bonds is 4. The van der Waals surface area contributed by atoms with Gasteiger partial charge in [-0.05, 0) is 24.1 Å². The molecule has 0 radical (unpaired) electrons. The number of carbonyl (C=O) groups excluding carboxylic acids is 1. The summed E-state index contributed by atoms with van der Waals surface area (Å²) >= 11 is 0. The molecular formula is C9H10O4. The highest BCUT2D eigenvalue weighted by molar-refractivity contribution is 5.88. The van der Waals surface area contributed by atoms with Crippen molar-refractivity contribution in [3.8, 4) is 0 Å². The molecule has 70 valence electrons. The van der Waals surface area contributed by atoms with Crippen LogP contribution in [0.4, 0.5) is 0 Å². The molecule has 0 heterocycles. The van der Waals surface area contributed by atoms with E-state index in [-0.39, 0.29) is 0 Å². The van der Waals surface area contributed by atoms with Crippen molar-refractivity contribution in [2.24, 2.45) is 0 Å². The van der Waals surface area contributed by atoms with Crippen molar-refractivity contribution in [1.29, 1.82) is 0 Å². The largest absolute Gasteiger partial charge is 0.376 e. The standard InChI is InChI=1S/C9H10O4/c1-2-11-13-12-9(10)8-6-4-3-5-7-8/h3-7H,2H2,1H3. The Bertz CT molecular complexity index is 258. The first-order valence-corrected chi connectivity index (χ1v) is 3.90. The van der Waals surface area contributed by atoms with E-state index < -0.39 is 5.97 Å². The van der Waals surface area contributed by atoms with Crippen LogP contribution in [0.1, 0.15) is 17.3 Å². The molecule has 0 unspecified atom stereocenters. The monoisotopic (exact) mass is 182 g/mol. The first-order valence-electron chi connectivity index (χ1n) is 3.90. The van der Waals surface area contributed by atoms with Crippen molar-refractivity contribution in [1.82, 2.24) is 0 Å². The fraction of sp³-hybridized carbons (Fsp3) is 0.222. The van der Waals surface area contributed by atoms with Gasteiger partial charge in [-0.25, -0.2) is 4.79 Å². The van der Waals surface area contributed by atoms with Crippen LogP contribution < -0.4 is 0 Å². The Hall–Kier alpha value is -1.39. The average molecular weight is 182 g/mol. The summed E-state index contributed by atoms with van der Waals surface area (Å²) in [4.78, 5) is 19.8. The molecule has 0 amide bonds. The highest BCUT2D eigenvalue weighted by Crippen LogP contribution is 2.01. The zero-order valence-electron chi connectivity index (χ0n) is 7.23.